The molecule has 0 N–H and O–H groups in total. The van der Waals surface area contributed by atoms with E-state index < -0.39 is 0 Å². The second-order valence-corrected chi connectivity index (χ2v) is 4.40. The predicted octanol–water partition coefficient (Wildman–Crippen LogP) is 4.57. The number of hydrogen-bond donors (Lipinski definition) is 0. The van der Waals surface area contributed by atoms with Gasteiger partial charge in [-0.2, -0.15) is 0 Å². The highest BCUT2D eigenvalue weighted by atomic mass is 15.1. The Morgan fingerprint density at radius 2 is 1.47 bits per heavy atom. The van der Waals surface area contributed by atoms with Crippen LogP contribution in [0.15, 0.2) is 0 Å². The number of hydrogen-bond acceptors (Lipinski definition) is 1. The van der Waals surface area contributed by atoms with Crippen LogP contribution >= 0.6 is 0 Å². The summed E-state index contributed by atoms with van der Waals surface area (Å²) in [7, 11) is 0. The Bertz CT molecular complexity index is 110. The third-order valence-corrected chi connectivity index (χ3v) is 2.83. The zero-order chi connectivity index (χ0) is 12.3. The monoisotopic (exact) mass is 215 g/mol. The molecule has 0 aliphatic rings. The quantitative estimate of drug-likeness (QED) is 0.601. The molecule has 94 valence electrons. The summed E-state index contributed by atoms with van der Waals surface area (Å²) in [6, 6.07) is 0.707. The molecule has 0 bridgehead atoms. The maximum Gasteiger partial charge on any atom is 0.00384 e. The molecule has 0 spiro atoms. The van der Waals surface area contributed by atoms with Gasteiger partial charge in [0.2, 0.25) is 0 Å². The molecule has 0 aromatic carbocycles. The first-order chi connectivity index (χ1) is 7.11. The molecular weight excluding hydrogens is 182 g/mol. The van der Waals surface area contributed by atoms with Crippen LogP contribution in [0.1, 0.15) is 67.7 Å². The number of rotatable bonds is 7. The van der Waals surface area contributed by atoms with E-state index in [1.165, 1.54) is 32.4 Å². The van der Waals surface area contributed by atoms with Gasteiger partial charge in [0.15, 0.2) is 0 Å². The van der Waals surface area contributed by atoms with Crippen molar-refractivity contribution in [3.63, 3.8) is 0 Å². The van der Waals surface area contributed by atoms with Gasteiger partial charge in [-0.25, -0.2) is 0 Å². The Labute approximate surface area is 98.2 Å². The highest BCUT2D eigenvalue weighted by Crippen LogP contribution is 2.11. The second kappa shape index (κ2) is 12.0. The first-order valence-electron chi connectivity index (χ1n) is 6.85. The summed E-state index contributed by atoms with van der Waals surface area (Å²) in [6.07, 6.45) is 4.07. The topological polar surface area (TPSA) is 3.24 Å². The molecule has 0 radical (unpaired) electrons. The number of nitrogens with zero attached hydrogens (tertiary/aromatic N) is 1. The van der Waals surface area contributed by atoms with Gasteiger partial charge in [-0.05, 0) is 39.3 Å². The maximum atomic E-state index is 2.55. The molecule has 0 aliphatic carbocycles. The van der Waals surface area contributed by atoms with Gasteiger partial charge >= 0.3 is 0 Å². The third-order valence-electron chi connectivity index (χ3n) is 2.83. The van der Waals surface area contributed by atoms with Crippen LogP contribution in [0.5, 0.6) is 0 Å². The largest absolute Gasteiger partial charge is 0.301 e. The molecule has 1 atom stereocenters. The minimum Gasteiger partial charge on any atom is -0.301 e. The SMILES string of the molecule is CC.CCCC(C)CCN(CC)C(C)C. The van der Waals surface area contributed by atoms with Gasteiger partial charge in [-0.1, -0.05) is 47.5 Å². The van der Waals surface area contributed by atoms with Gasteiger partial charge in [-0.15, -0.1) is 0 Å². The van der Waals surface area contributed by atoms with Gasteiger partial charge in [0.1, 0.15) is 0 Å². The molecule has 1 nitrogen and oxygen atoms in total. The molecule has 0 saturated carbocycles. The minimum absolute atomic E-state index is 0.707. The second-order valence-electron chi connectivity index (χ2n) is 4.40. The summed E-state index contributed by atoms with van der Waals surface area (Å²) in [5.74, 6) is 0.901. The van der Waals surface area contributed by atoms with Gasteiger partial charge in [0.25, 0.3) is 0 Å². The van der Waals surface area contributed by atoms with Crippen molar-refractivity contribution in [3.8, 4) is 0 Å². The van der Waals surface area contributed by atoms with Crippen LogP contribution in [-0.2, 0) is 0 Å². The molecule has 1 unspecified atom stereocenters. The average molecular weight is 215 g/mol. The van der Waals surface area contributed by atoms with E-state index in [0.717, 1.165) is 5.92 Å². The smallest absolute Gasteiger partial charge is 0.00384 e. The van der Waals surface area contributed by atoms with E-state index in [9.17, 15) is 0 Å². The lowest BCUT2D eigenvalue weighted by molar-refractivity contribution is 0.216. The Morgan fingerprint density at radius 3 is 1.80 bits per heavy atom. The predicted molar refractivity (Wildman–Crippen MR) is 72.4 cm³/mol. The average Bonchev–Trinajstić information content (AvgIpc) is 2.21. The lowest BCUT2D eigenvalue weighted by atomic mass is 10.0. The summed E-state index contributed by atoms with van der Waals surface area (Å²) in [6.45, 7) is 17.9. The fraction of sp³-hybridized carbons (Fsp3) is 1.00. The van der Waals surface area contributed by atoms with Gasteiger partial charge in [0.05, 0.1) is 0 Å². The van der Waals surface area contributed by atoms with Gasteiger partial charge in [0, 0.05) is 6.04 Å². The van der Waals surface area contributed by atoms with Crippen molar-refractivity contribution in [1.82, 2.24) is 4.90 Å². The van der Waals surface area contributed by atoms with E-state index in [1.807, 2.05) is 13.8 Å². The minimum atomic E-state index is 0.707. The molecule has 0 aromatic rings. The van der Waals surface area contributed by atoms with Crippen LogP contribution in [0, 0.1) is 5.92 Å². The van der Waals surface area contributed by atoms with Crippen molar-refractivity contribution >= 4 is 0 Å². The van der Waals surface area contributed by atoms with Crippen LogP contribution in [0.3, 0.4) is 0 Å². The van der Waals surface area contributed by atoms with Crippen LogP contribution < -0.4 is 0 Å². The van der Waals surface area contributed by atoms with Crippen molar-refractivity contribution in [3.05, 3.63) is 0 Å². The van der Waals surface area contributed by atoms with E-state index in [1.54, 1.807) is 0 Å². The fourth-order valence-electron chi connectivity index (χ4n) is 1.80. The fourth-order valence-corrected chi connectivity index (χ4v) is 1.80. The van der Waals surface area contributed by atoms with E-state index >= 15 is 0 Å². The van der Waals surface area contributed by atoms with Crippen molar-refractivity contribution in [2.24, 2.45) is 5.92 Å². The summed E-state index contributed by atoms with van der Waals surface area (Å²) < 4.78 is 0. The van der Waals surface area contributed by atoms with Crippen LogP contribution in [0.25, 0.3) is 0 Å². The van der Waals surface area contributed by atoms with E-state index in [2.05, 4.69) is 39.5 Å². The van der Waals surface area contributed by atoms with Crippen LogP contribution in [0.2, 0.25) is 0 Å². The molecule has 0 aromatic heterocycles. The summed E-state index contributed by atoms with van der Waals surface area (Å²) in [5, 5.41) is 0. The molecule has 0 fully saturated rings. The molecule has 0 aliphatic heterocycles. The van der Waals surface area contributed by atoms with Crippen molar-refractivity contribution < 1.29 is 0 Å². The highest BCUT2D eigenvalue weighted by Gasteiger charge is 2.08. The van der Waals surface area contributed by atoms with E-state index in [0.29, 0.717) is 6.04 Å². The summed E-state index contributed by atoms with van der Waals surface area (Å²) >= 11 is 0. The first-order valence-corrected chi connectivity index (χ1v) is 6.85. The lowest BCUT2D eigenvalue weighted by Gasteiger charge is -2.26. The molecule has 15 heavy (non-hydrogen) atoms. The maximum absolute atomic E-state index is 2.55. The zero-order valence-corrected chi connectivity index (χ0v) is 12.1. The molecular formula is C14H33N. The molecule has 0 amide bonds. The van der Waals surface area contributed by atoms with E-state index in [4.69, 9.17) is 0 Å². The van der Waals surface area contributed by atoms with Crippen molar-refractivity contribution in [2.75, 3.05) is 13.1 Å². The molecule has 0 heterocycles. The Balaban J connectivity index is 0. The zero-order valence-electron chi connectivity index (χ0n) is 12.1. The molecule has 0 rings (SSSR count). The van der Waals surface area contributed by atoms with Crippen LogP contribution in [-0.4, -0.2) is 24.0 Å². The Morgan fingerprint density at radius 1 is 0.933 bits per heavy atom. The van der Waals surface area contributed by atoms with Crippen molar-refractivity contribution in [1.29, 1.82) is 0 Å². The Kier molecular flexibility index (Phi) is 13.9. The lowest BCUT2D eigenvalue weighted by Crippen LogP contribution is -2.32. The molecule has 1 heteroatoms. The first kappa shape index (κ1) is 17.4. The Hall–Kier alpha value is -0.0400. The summed E-state index contributed by atoms with van der Waals surface area (Å²) in [4.78, 5) is 2.55. The highest BCUT2D eigenvalue weighted by molar-refractivity contribution is 4.63. The van der Waals surface area contributed by atoms with E-state index in [-0.39, 0.29) is 0 Å². The standard InChI is InChI=1S/C12H27N.C2H6/c1-6-8-12(5)9-10-13(7-2)11(3)4;1-2/h11-12H,6-10H2,1-5H3;1-2H3. The normalized spacial score (nSPS) is 12.6. The summed E-state index contributed by atoms with van der Waals surface area (Å²) in [5.41, 5.74) is 0. The third kappa shape index (κ3) is 10.2. The molecule has 0 saturated heterocycles. The van der Waals surface area contributed by atoms with Gasteiger partial charge in [-0.3, -0.25) is 0 Å². The van der Waals surface area contributed by atoms with Crippen LogP contribution in [0.4, 0.5) is 0 Å². The van der Waals surface area contributed by atoms with Gasteiger partial charge < -0.3 is 4.90 Å². The van der Waals surface area contributed by atoms with Crippen molar-refractivity contribution in [2.45, 2.75) is 73.8 Å².